The molecule has 0 aromatic heterocycles. The van der Waals surface area contributed by atoms with E-state index >= 15 is 0 Å². The number of carbonyl (C=O) groups excluding carboxylic acids is 1. The van der Waals surface area contributed by atoms with Gasteiger partial charge in [0.1, 0.15) is 16.9 Å². The van der Waals surface area contributed by atoms with Crippen LogP contribution in [0.15, 0.2) is 76.5 Å². The quantitative estimate of drug-likeness (QED) is 0.154. The molecule has 1 aliphatic heterocycles. The van der Waals surface area contributed by atoms with E-state index in [-0.39, 0.29) is 23.3 Å². The lowest BCUT2D eigenvalue weighted by Crippen LogP contribution is -2.40. The molecule has 0 aliphatic carbocycles. The Balaban J connectivity index is 2.17. The standard InChI is InChI=1S/C25H29FN2O5S2/c1-5-7-11-19-16-28(18-12-9-8-10-13-18)21-14-23(34-4)22(15-24(21)35(30,31)27(19)3)33-17-20(26)25(29)32-6-2/h5,7-10,12-15,17,19H,6,11,16H2,1-4H3/b7-5+,20-17-. The molecule has 7 nitrogen and oxygen atoms in total. The number of benzene rings is 2. The van der Waals surface area contributed by atoms with Crippen LogP contribution >= 0.6 is 11.8 Å². The summed E-state index contributed by atoms with van der Waals surface area (Å²) in [7, 11) is -2.37. The average molecular weight is 521 g/mol. The monoisotopic (exact) mass is 520 g/mol. The smallest absolute Gasteiger partial charge is 0.370 e. The molecule has 35 heavy (non-hydrogen) atoms. The van der Waals surface area contributed by atoms with Gasteiger partial charge in [0, 0.05) is 31.4 Å². The number of hydrogen-bond donors (Lipinski definition) is 0. The maximum atomic E-state index is 14.1. The summed E-state index contributed by atoms with van der Waals surface area (Å²) >= 11 is 1.32. The van der Waals surface area contributed by atoms with Crippen LogP contribution in [0.4, 0.5) is 15.8 Å². The Morgan fingerprint density at radius 2 is 1.97 bits per heavy atom. The van der Waals surface area contributed by atoms with Crippen molar-refractivity contribution in [3.8, 4) is 5.75 Å². The molecule has 1 unspecified atom stereocenters. The number of sulfonamides is 1. The van der Waals surface area contributed by atoms with Crippen LogP contribution in [-0.4, -0.2) is 51.2 Å². The first kappa shape index (κ1) is 26.8. The summed E-state index contributed by atoms with van der Waals surface area (Å²) in [6.07, 6.45) is 6.82. The molecule has 10 heteroatoms. The fraction of sp³-hybridized carbons (Fsp3) is 0.320. The normalized spacial score (nSPS) is 18.3. The molecule has 1 heterocycles. The molecule has 0 fully saturated rings. The van der Waals surface area contributed by atoms with E-state index in [0.29, 0.717) is 29.8 Å². The molecule has 1 atom stereocenters. The van der Waals surface area contributed by atoms with Gasteiger partial charge in [0.2, 0.25) is 15.9 Å². The number of fused-ring (bicyclic) bond motifs is 1. The van der Waals surface area contributed by atoms with E-state index in [1.807, 2.05) is 54.3 Å². The van der Waals surface area contributed by atoms with E-state index in [1.54, 1.807) is 26.3 Å². The second kappa shape index (κ2) is 11.7. The van der Waals surface area contributed by atoms with Crippen molar-refractivity contribution in [2.75, 3.05) is 31.4 Å². The van der Waals surface area contributed by atoms with Crippen molar-refractivity contribution >= 4 is 39.1 Å². The fourth-order valence-corrected chi connectivity index (χ4v) is 5.79. The summed E-state index contributed by atoms with van der Waals surface area (Å²) in [5, 5.41) is 0. The number of ether oxygens (including phenoxy) is 2. The SMILES string of the molecule is C/C=C/CC1CN(c2ccccc2)c2cc(SC)c(O/C=C(\F)C(=O)OCC)cc2S(=O)(=O)N1C. The van der Waals surface area contributed by atoms with Gasteiger partial charge in [-0.2, -0.15) is 8.70 Å². The zero-order valence-electron chi connectivity index (χ0n) is 20.1. The highest BCUT2D eigenvalue weighted by atomic mass is 32.2. The van der Waals surface area contributed by atoms with Crippen LogP contribution in [0.2, 0.25) is 0 Å². The van der Waals surface area contributed by atoms with Gasteiger partial charge in [-0.1, -0.05) is 30.4 Å². The lowest BCUT2D eigenvalue weighted by molar-refractivity contribution is -0.140. The Morgan fingerprint density at radius 1 is 1.26 bits per heavy atom. The summed E-state index contributed by atoms with van der Waals surface area (Å²) in [6.45, 7) is 3.91. The van der Waals surface area contributed by atoms with Crippen molar-refractivity contribution < 1.29 is 27.1 Å². The largest absolute Gasteiger partial charge is 0.461 e. The number of likely N-dealkylation sites (N-methyl/N-ethyl adjacent to an activating group) is 1. The number of rotatable bonds is 8. The van der Waals surface area contributed by atoms with Gasteiger partial charge in [-0.25, -0.2) is 13.2 Å². The number of halogens is 1. The first-order chi connectivity index (χ1) is 16.7. The molecule has 2 aromatic carbocycles. The van der Waals surface area contributed by atoms with Gasteiger partial charge in [-0.15, -0.1) is 11.8 Å². The number of para-hydroxylation sites is 1. The third-order valence-electron chi connectivity index (χ3n) is 5.57. The topological polar surface area (TPSA) is 76.1 Å². The number of thioether (sulfide) groups is 1. The van der Waals surface area contributed by atoms with E-state index in [2.05, 4.69) is 4.74 Å². The molecule has 0 spiro atoms. The number of nitrogens with zero attached hydrogens (tertiary/aromatic N) is 2. The van der Waals surface area contributed by atoms with E-state index in [1.165, 1.54) is 22.1 Å². The number of anilines is 2. The summed E-state index contributed by atoms with van der Waals surface area (Å²) in [6, 6.07) is 12.3. The molecular formula is C25H29FN2O5S2. The van der Waals surface area contributed by atoms with Crippen molar-refractivity contribution in [1.29, 1.82) is 0 Å². The van der Waals surface area contributed by atoms with Gasteiger partial charge in [-0.3, -0.25) is 0 Å². The van der Waals surface area contributed by atoms with Gasteiger partial charge in [-0.05, 0) is 44.7 Å². The van der Waals surface area contributed by atoms with Crippen LogP contribution in [0, 0.1) is 0 Å². The lowest BCUT2D eigenvalue weighted by Gasteiger charge is -2.29. The Labute approximate surface area is 210 Å². The number of esters is 1. The van der Waals surface area contributed by atoms with E-state index < -0.39 is 21.8 Å². The van der Waals surface area contributed by atoms with Gasteiger partial charge >= 0.3 is 5.97 Å². The van der Waals surface area contributed by atoms with Crippen LogP contribution in [0.1, 0.15) is 20.3 Å². The van der Waals surface area contributed by atoms with Crippen molar-refractivity contribution in [2.24, 2.45) is 0 Å². The van der Waals surface area contributed by atoms with E-state index in [0.717, 1.165) is 5.69 Å². The van der Waals surface area contributed by atoms with Crippen LogP contribution in [0.5, 0.6) is 5.75 Å². The van der Waals surface area contributed by atoms with Crippen molar-refractivity contribution in [3.63, 3.8) is 0 Å². The Bertz CT molecular complexity index is 1220. The molecule has 0 saturated carbocycles. The average Bonchev–Trinajstić information content (AvgIpc) is 2.94. The van der Waals surface area contributed by atoms with Gasteiger partial charge < -0.3 is 14.4 Å². The van der Waals surface area contributed by atoms with E-state index in [4.69, 9.17) is 4.74 Å². The molecule has 1 aliphatic rings. The highest BCUT2D eigenvalue weighted by molar-refractivity contribution is 7.98. The van der Waals surface area contributed by atoms with Gasteiger partial charge in [0.15, 0.2) is 0 Å². The molecule has 2 aromatic rings. The second-order valence-corrected chi connectivity index (χ2v) is 10.5. The Hall–Kier alpha value is -2.82. The Morgan fingerprint density at radius 3 is 2.60 bits per heavy atom. The molecule has 0 radical (unpaired) electrons. The molecule has 188 valence electrons. The maximum Gasteiger partial charge on any atom is 0.370 e. The molecule has 3 rings (SSSR count). The fourth-order valence-electron chi connectivity index (χ4n) is 3.71. The minimum Gasteiger partial charge on any atom is -0.461 e. The van der Waals surface area contributed by atoms with Crippen molar-refractivity contribution in [3.05, 3.63) is 66.7 Å². The van der Waals surface area contributed by atoms with Crippen molar-refractivity contribution in [2.45, 2.75) is 36.1 Å². The first-order valence-corrected chi connectivity index (χ1v) is 13.7. The summed E-state index contributed by atoms with van der Waals surface area (Å²) < 4.78 is 53.0. The zero-order chi connectivity index (χ0) is 25.6. The third kappa shape index (κ3) is 5.88. The van der Waals surface area contributed by atoms with Gasteiger partial charge in [0.05, 0.1) is 17.2 Å². The molecule has 0 amide bonds. The van der Waals surface area contributed by atoms with Gasteiger partial charge in [0.25, 0.3) is 0 Å². The minimum atomic E-state index is -3.93. The van der Waals surface area contributed by atoms with Crippen LogP contribution in [0.25, 0.3) is 0 Å². The molecule has 0 saturated heterocycles. The molecule has 0 bridgehead atoms. The van der Waals surface area contributed by atoms with Crippen LogP contribution in [-0.2, 0) is 19.6 Å². The summed E-state index contributed by atoms with van der Waals surface area (Å²) in [5.74, 6) is -2.25. The summed E-state index contributed by atoms with van der Waals surface area (Å²) in [4.78, 5) is 14.2. The second-order valence-electron chi connectivity index (χ2n) is 7.70. The third-order valence-corrected chi connectivity index (χ3v) is 8.27. The number of carbonyl (C=O) groups is 1. The molecule has 0 N–H and O–H groups in total. The van der Waals surface area contributed by atoms with Crippen LogP contribution < -0.4 is 9.64 Å². The van der Waals surface area contributed by atoms with E-state index in [9.17, 15) is 17.6 Å². The first-order valence-electron chi connectivity index (χ1n) is 11.1. The summed E-state index contributed by atoms with van der Waals surface area (Å²) in [5.41, 5.74) is 1.34. The zero-order valence-corrected chi connectivity index (χ0v) is 21.7. The number of allylic oxidation sites excluding steroid dienone is 1. The van der Waals surface area contributed by atoms with Crippen molar-refractivity contribution in [1.82, 2.24) is 4.31 Å². The minimum absolute atomic E-state index is 0.0171. The number of hydrogen-bond acceptors (Lipinski definition) is 7. The highest BCUT2D eigenvalue weighted by Crippen LogP contribution is 2.43. The maximum absolute atomic E-state index is 14.1. The predicted octanol–water partition coefficient (Wildman–Crippen LogP) is 5.27. The predicted molar refractivity (Wildman–Crippen MR) is 136 cm³/mol. The van der Waals surface area contributed by atoms with Crippen LogP contribution in [0.3, 0.4) is 0 Å². The lowest BCUT2D eigenvalue weighted by atomic mass is 10.1. The molecular weight excluding hydrogens is 491 g/mol. The Kier molecular flexibility index (Phi) is 8.98. The highest BCUT2D eigenvalue weighted by Gasteiger charge is 2.37.